The van der Waals surface area contributed by atoms with Crippen LogP contribution in [0.25, 0.3) is 22.6 Å². The summed E-state index contributed by atoms with van der Waals surface area (Å²) in [5, 5.41) is 0.0327. The molecule has 0 atom stereocenters. The van der Waals surface area contributed by atoms with Gasteiger partial charge in [-0.3, -0.25) is 0 Å². The average molecular weight is 306 g/mol. The number of rotatable bonds is 3. The number of hydrogen-bond donors (Lipinski definition) is 0. The molecule has 0 spiro atoms. The molecule has 3 aromatic heterocycles. The van der Waals surface area contributed by atoms with Crippen molar-refractivity contribution >= 4 is 17.6 Å². The van der Waals surface area contributed by atoms with Gasteiger partial charge in [-0.1, -0.05) is 0 Å². The van der Waals surface area contributed by atoms with Crippen molar-refractivity contribution in [3.8, 4) is 22.6 Å². The topological polar surface area (TPSA) is 91.2 Å². The van der Waals surface area contributed by atoms with E-state index in [1.807, 2.05) is 0 Å². The fraction of sp³-hybridized carbons (Fsp3) is 0.0769. The molecule has 3 rings (SSSR count). The van der Waals surface area contributed by atoms with Crippen LogP contribution in [0.15, 0.2) is 40.0 Å². The lowest BCUT2D eigenvalue weighted by Gasteiger charge is -2.05. The van der Waals surface area contributed by atoms with Gasteiger partial charge in [0.25, 0.3) is 0 Å². The zero-order valence-corrected chi connectivity index (χ0v) is 11.5. The van der Waals surface area contributed by atoms with Crippen LogP contribution < -0.4 is 0 Å². The van der Waals surface area contributed by atoms with E-state index in [1.165, 1.54) is 32.2 Å². The third-order valence-corrected chi connectivity index (χ3v) is 2.93. The average Bonchev–Trinajstić information content (AvgIpc) is 3.17. The molecular weight excluding hydrogens is 298 g/mol. The molecule has 21 heavy (non-hydrogen) atoms. The summed E-state index contributed by atoms with van der Waals surface area (Å²) in [5.74, 6) is -0.153. The Balaban J connectivity index is 2.21. The maximum absolute atomic E-state index is 11.7. The van der Waals surface area contributed by atoms with Gasteiger partial charge in [-0.05, 0) is 17.7 Å². The summed E-state index contributed by atoms with van der Waals surface area (Å²) in [6.45, 7) is 0. The van der Waals surface area contributed by atoms with E-state index in [9.17, 15) is 4.79 Å². The molecule has 7 nitrogen and oxygen atoms in total. The quantitative estimate of drug-likeness (QED) is 0.542. The first-order chi connectivity index (χ1) is 10.2. The first kappa shape index (κ1) is 13.3. The van der Waals surface area contributed by atoms with E-state index < -0.39 is 5.97 Å². The normalized spacial score (nSPS) is 10.6. The lowest BCUT2D eigenvalue weighted by Crippen LogP contribution is -2.02. The summed E-state index contributed by atoms with van der Waals surface area (Å²) in [6.07, 6.45) is 5.64. The summed E-state index contributed by atoms with van der Waals surface area (Å²) in [6, 6.07) is 1.59. The molecule has 0 aliphatic rings. The van der Waals surface area contributed by atoms with Crippen LogP contribution in [-0.4, -0.2) is 28.0 Å². The van der Waals surface area contributed by atoms with Gasteiger partial charge in [-0.15, -0.1) is 0 Å². The Morgan fingerprint density at radius 1 is 1.29 bits per heavy atom. The Labute approximate surface area is 123 Å². The molecule has 0 saturated heterocycles. The lowest BCUT2D eigenvalue weighted by atomic mass is 10.1. The Hall–Kier alpha value is -2.67. The predicted octanol–water partition coefficient (Wildman–Crippen LogP) is 2.83. The fourth-order valence-corrected chi connectivity index (χ4v) is 1.97. The van der Waals surface area contributed by atoms with E-state index in [2.05, 4.69) is 19.7 Å². The molecule has 0 saturated carbocycles. The third kappa shape index (κ3) is 2.38. The number of methoxy groups -OCH3 is 1. The molecule has 3 aromatic rings. The number of esters is 1. The van der Waals surface area contributed by atoms with E-state index in [0.717, 1.165) is 0 Å². The Kier molecular flexibility index (Phi) is 3.41. The van der Waals surface area contributed by atoms with Crippen LogP contribution in [0.2, 0.25) is 5.28 Å². The van der Waals surface area contributed by atoms with Crippen LogP contribution in [0.5, 0.6) is 0 Å². The van der Waals surface area contributed by atoms with Crippen LogP contribution in [0, 0.1) is 0 Å². The van der Waals surface area contributed by atoms with Gasteiger partial charge in [0.05, 0.1) is 36.4 Å². The number of nitrogens with zero attached hydrogens (tertiary/aromatic N) is 3. The summed E-state index contributed by atoms with van der Waals surface area (Å²) < 4.78 is 15.1. The van der Waals surface area contributed by atoms with Crippen molar-refractivity contribution in [3.05, 3.63) is 42.2 Å². The summed E-state index contributed by atoms with van der Waals surface area (Å²) >= 11 is 5.85. The Morgan fingerprint density at radius 2 is 2.14 bits per heavy atom. The van der Waals surface area contributed by atoms with Gasteiger partial charge < -0.3 is 13.6 Å². The molecule has 0 amide bonds. The fourth-order valence-electron chi connectivity index (χ4n) is 1.84. The van der Waals surface area contributed by atoms with Gasteiger partial charge in [0.2, 0.25) is 11.0 Å². The molecule has 8 heteroatoms. The second kappa shape index (κ2) is 5.37. The molecule has 0 aliphatic carbocycles. The summed E-state index contributed by atoms with van der Waals surface area (Å²) in [5.41, 5.74) is 1.35. The van der Waals surface area contributed by atoms with Gasteiger partial charge in [0.15, 0.2) is 12.2 Å². The minimum Gasteiger partial charge on any atom is -0.463 e. The summed E-state index contributed by atoms with van der Waals surface area (Å²) in [7, 11) is 1.26. The number of aromatic nitrogens is 3. The standard InChI is InChI=1S/C13H8ClN3O4/c1-19-12(18)11-7(2-3-20-11)10-8(4-16-13(14)17-10)9-5-15-6-21-9/h2-6H,1H3. The molecular formula is C13H8ClN3O4. The molecule has 3 heterocycles. The third-order valence-electron chi connectivity index (χ3n) is 2.75. The molecule has 0 radical (unpaired) electrons. The lowest BCUT2D eigenvalue weighted by molar-refractivity contribution is 0.0566. The highest BCUT2D eigenvalue weighted by Gasteiger charge is 2.22. The van der Waals surface area contributed by atoms with Crippen LogP contribution in [-0.2, 0) is 4.74 Å². The van der Waals surface area contributed by atoms with E-state index in [-0.39, 0.29) is 11.0 Å². The van der Waals surface area contributed by atoms with Crippen LogP contribution in [0.1, 0.15) is 10.6 Å². The monoisotopic (exact) mass is 305 g/mol. The molecule has 0 bridgehead atoms. The zero-order valence-electron chi connectivity index (χ0n) is 10.7. The largest absolute Gasteiger partial charge is 0.463 e. The number of ether oxygens (including phenoxy) is 1. The van der Waals surface area contributed by atoms with Crippen molar-refractivity contribution in [3.63, 3.8) is 0 Å². The highest BCUT2D eigenvalue weighted by atomic mass is 35.5. The predicted molar refractivity (Wildman–Crippen MR) is 71.6 cm³/mol. The van der Waals surface area contributed by atoms with Gasteiger partial charge in [0, 0.05) is 6.20 Å². The maximum atomic E-state index is 11.7. The highest BCUT2D eigenvalue weighted by molar-refractivity contribution is 6.28. The van der Waals surface area contributed by atoms with E-state index >= 15 is 0 Å². The molecule has 0 aliphatic heterocycles. The summed E-state index contributed by atoms with van der Waals surface area (Å²) in [4.78, 5) is 23.6. The van der Waals surface area contributed by atoms with Crippen LogP contribution >= 0.6 is 11.6 Å². The molecule has 0 N–H and O–H groups in total. The maximum Gasteiger partial charge on any atom is 0.374 e. The van der Waals surface area contributed by atoms with Crippen LogP contribution in [0.3, 0.4) is 0 Å². The zero-order chi connectivity index (χ0) is 14.8. The van der Waals surface area contributed by atoms with E-state index in [1.54, 1.807) is 6.07 Å². The molecule has 0 fully saturated rings. The number of hydrogen-bond acceptors (Lipinski definition) is 7. The number of carbonyl (C=O) groups is 1. The van der Waals surface area contributed by atoms with Crippen molar-refractivity contribution in [2.45, 2.75) is 0 Å². The van der Waals surface area contributed by atoms with Crippen molar-refractivity contribution in [1.82, 2.24) is 15.0 Å². The van der Waals surface area contributed by atoms with Crippen molar-refractivity contribution < 1.29 is 18.4 Å². The van der Waals surface area contributed by atoms with Crippen LogP contribution in [0.4, 0.5) is 0 Å². The SMILES string of the molecule is COC(=O)c1occc1-c1nc(Cl)ncc1-c1cnco1. The number of oxazole rings is 1. The van der Waals surface area contributed by atoms with E-state index in [0.29, 0.717) is 22.6 Å². The minimum absolute atomic E-state index is 0.0213. The van der Waals surface area contributed by atoms with Crippen molar-refractivity contribution in [1.29, 1.82) is 0 Å². The number of carbonyl (C=O) groups excluding carboxylic acids is 1. The molecule has 0 unspecified atom stereocenters. The van der Waals surface area contributed by atoms with Gasteiger partial charge in [-0.25, -0.2) is 19.7 Å². The van der Waals surface area contributed by atoms with Crippen molar-refractivity contribution in [2.24, 2.45) is 0 Å². The highest BCUT2D eigenvalue weighted by Crippen LogP contribution is 2.33. The first-order valence-electron chi connectivity index (χ1n) is 5.78. The first-order valence-corrected chi connectivity index (χ1v) is 6.16. The van der Waals surface area contributed by atoms with Crippen molar-refractivity contribution in [2.75, 3.05) is 7.11 Å². The number of halogens is 1. The second-order valence-corrected chi connectivity index (χ2v) is 4.26. The van der Waals surface area contributed by atoms with E-state index in [4.69, 9.17) is 20.4 Å². The van der Waals surface area contributed by atoms with Gasteiger partial charge in [0.1, 0.15) is 0 Å². The second-order valence-electron chi connectivity index (χ2n) is 3.92. The number of furan rings is 1. The Morgan fingerprint density at radius 3 is 2.86 bits per heavy atom. The smallest absolute Gasteiger partial charge is 0.374 e. The van der Waals surface area contributed by atoms with Gasteiger partial charge >= 0.3 is 5.97 Å². The molecule has 0 aromatic carbocycles. The molecule has 106 valence electrons. The Bertz CT molecular complexity index is 783. The van der Waals surface area contributed by atoms with Gasteiger partial charge in [-0.2, -0.15) is 0 Å². The minimum atomic E-state index is -0.617.